The third-order valence-electron chi connectivity index (χ3n) is 2.42. The van der Waals surface area contributed by atoms with Gasteiger partial charge in [0.25, 0.3) is 0 Å². The summed E-state index contributed by atoms with van der Waals surface area (Å²) < 4.78 is 40.4. The molecule has 0 saturated heterocycles. The lowest BCUT2D eigenvalue weighted by Gasteiger charge is -2.13. The average Bonchev–Trinajstić information content (AvgIpc) is 2.24. The molecule has 102 valence electrons. The molecule has 1 atom stereocenters. The first-order valence-corrected chi connectivity index (χ1v) is 7.61. The monoisotopic (exact) mass is 275 g/mol. The Morgan fingerprint density at radius 1 is 1.44 bits per heavy atom. The van der Waals surface area contributed by atoms with Crippen LogP contribution >= 0.6 is 0 Å². The van der Waals surface area contributed by atoms with Crippen LogP contribution in [0.5, 0.6) is 5.75 Å². The van der Waals surface area contributed by atoms with Gasteiger partial charge in [-0.05, 0) is 24.6 Å². The smallest absolute Gasteiger partial charge is 0.165 e. The maximum absolute atomic E-state index is 13.4. The minimum Gasteiger partial charge on any atom is -0.494 e. The molecular weight excluding hydrogens is 257 g/mol. The summed E-state index contributed by atoms with van der Waals surface area (Å²) in [5.74, 6) is -0.165. The van der Waals surface area contributed by atoms with Gasteiger partial charge in [0, 0.05) is 18.8 Å². The molecule has 1 N–H and O–H groups in total. The van der Waals surface area contributed by atoms with Gasteiger partial charge in [0.1, 0.15) is 9.84 Å². The molecular formula is C12H18FNO3S. The highest BCUT2D eigenvalue weighted by atomic mass is 32.2. The number of nitrogens with one attached hydrogen (secondary N) is 1. The predicted molar refractivity (Wildman–Crippen MR) is 69.0 cm³/mol. The maximum atomic E-state index is 13.4. The van der Waals surface area contributed by atoms with E-state index < -0.39 is 15.7 Å². The van der Waals surface area contributed by atoms with Crippen LogP contribution in [-0.4, -0.2) is 33.6 Å². The van der Waals surface area contributed by atoms with Gasteiger partial charge in [-0.2, -0.15) is 0 Å². The zero-order valence-electron chi connectivity index (χ0n) is 10.7. The molecule has 18 heavy (non-hydrogen) atoms. The van der Waals surface area contributed by atoms with Crippen LogP contribution in [0.25, 0.3) is 0 Å². The predicted octanol–water partition coefficient (Wildman–Crippen LogP) is 1.36. The molecule has 6 heteroatoms. The molecule has 0 aliphatic heterocycles. The summed E-state index contributed by atoms with van der Waals surface area (Å²) in [6, 6.07) is 4.49. The van der Waals surface area contributed by atoms with Crippen LogP contribution < -0.4 is 10.1 Å². The maximum Gasteiger partial charge on any atom is 0.165 e. The molecule has 0 amide bonds. The molecule has 1 rings (SSSR count). The largest absolute Gasteiger partial charge is 0.494 e. The Balaban J connectivity index is 2.56. The Hall–Kier alpha value is -1.14. The molecule has 0 aliphatic carbocycles. The first kappa shape index (κ1) is 14.9. The summed E-state index contributed by atoms with van der Waals surface area (Å²) in [6.45, 7) is 2.19. The molecule has 0 saturated carbocycles. The van der Waals surface area contributed by atoms with Crippen LogP contribution in [0, 0.1) is 5.82 Å². The van der Waals surface area contributed by atoms with Crippen molar-refractivity contribution in [1.29, 1.82) is 0 Å². The lowest BCUT2D eigenvalue weighted by Crippen LogP contribution is -2.32. The van der Waals surface area contributed by atoms with Crippen molar-refractivity contribution in [3.63, 3.8) is 0 Å². The zero-order chi connectivity index (χ0) is 13.8. The fourth-order valence-corrected chi connectivity index (χ4v) is 2.65. The number of hydrogen-bond acceptors (Lipinski definition) is 4. The van der Waals surface area contributed by atoms with Crippen molar-refractivity contribution in [2.24, 2.45) is 0 Å². The molecule has 0 radical (unpaired) electrons. The normalized spacial score (nSPS) is 13.3. The van der Waals surface area contributed by atoms with Crippen molar-refractivity contribution in [3.8, 4) is 5.75 Å². The molecule has 1 aromatic carbocycles. The third kappa shape index (κ3) is 5.01. The highest BCUT2D eigenvalue weighted by Crippen LogP contribution is 2.17. The molecule has 1 unspecified atom stereocenters. The molecule has 0 bridgehead atoms. The third-order valence-corrected chi connectivity index (χ3v) is 3.53. The van der Waals surface area contributed by atoms with E-state index in [1.54, 1.807) is 19.1 Å². The highest BCUT2D eigenvalue weighted by Gasteiger charge is 2.10. The van der Waals surface area contributed by atoms with Crippen molar-refractivity contribution in [2.45, 2.75) is 19.5 Å². The van der Waals surface area contributed by atoms with E-state index in [1.165, 1.54) is 19.4 Å². The number of rotatable bonds is 6. The van der Waals surface area contributed by atoms with Crippen LogP contribution in [0.4, 0.5) is 4.39 Å². The lowest BCUT2D eigenvalue weighted by atomic mass is 10.2. The van der Waals surface area contributed by atoms with Crippen molar-refractivity contribution in [3.05, 3.63) is 29.6 Å². The van der Waals surface area contributed by atoms with Crippen LogP contribution in [0.15, 0.2) is 18.2 Å². The van der Waals surface area contributed by atoms with Crippen LogP contribution in [0.3, 0.4) is 0 Å². The Morgan fingerprint density at radius 3 is 2.61 bits per heavy atom. The van der Waals surface area contributed by atoms with Gasteiger partial charge in [-0.1, -0.05) is 6.07 Å². The Bertz CT molecular complexity index is 502. The number of sulfone groups is 1. The molecule has 0 fully saturated rings. The van der Waals surface area contributed by atoms with E-state index in [9.17, 15) is 12.8 Å². The average molecular weight is 275 g/mol. The van der Waals surface area contributed by atoms with Crippen molar-refractivity contribution < 1.29 is 17.5 Å². The summed E-state index contributed by atoms with van der Waals surface area (Å²) in [5.41, 5.74) is 0.744. The van der Waals surface area contributed by atoms with E-state index in [-0.39, 0.29) is 17.5 Å². The molecule has 0 heterocycles. The Labute approximate surface area is 107 Å². The van der Waals surface area contributed by atoms with Gasteiger partial charge in [-0.15, -0.1) is 0 Å². The van der Waals surface area contributed by atoms with E-state index in [0.29, 0.717) is 6.54 Å². The van der Waals surface area contributed by atoms with Gasteiger partial charge in [0.15, 0.2) is 11.6 Å². The van der Waals surface area contributed by atoms with Crippen LogP contribution in [0.1, 0.15) is 12.5 Å². The van der Waals surface area contributed by atoms with E-state index in [0.717, 1.165) is 5.56 Å². The Kier molecular flexibility index (Phi) is 5.10. The summed E-state index contributed by atoms with van der Waals surface area (Å²) in [5, 5.41) is 3.03. The molecule has 0 aromatic heterocycles. The highest BCUT2D eigenvalue weighted by molar-refractivity contribution is 7.90. The molecule has 4 nitrogen and oxygen atoms in total. The fraction of sp³-hybridized carbons (Fsp3) is 0.500. The van der Waals surface area contributed by atoms with Gasteiger partial charge in [-0.25, -0.2) is 12.8 Å². The molecule has 0 aliphatic rings. The van der Waals surface area contributed by atoms with E-state index >= 15 is 0 Å². The van der Waals surface area contributed by atoms with Crippen molar-refractivity contribution >= 4 is 9.84 Å². The summed E-state index contributed by atoms with van der Waals surface area (Å²) in [7, 11) is -1.60. The number of benzene rings is 1. The van der Waals surface area contributed by atoms with Gasteiger partial charge >= 0.3 is 0 Å². The molecule has 1 aromatic rings. The number of methoxy groups -OCH3 is 1. The SMILES string of the molecule is COc1ccc(CNC(C)CS(C)(=O)=O)cc1F. The summed E-state index contributed by atoms with van der Waals surface area (Å²) in [4.78, 5) is 0. The fourth-order valence-electron chi connectivity index (χ4n) is 1.62. The minimum absolute atomic E-state index is 0.0611. The van der Waals surface area contributed by atoms with E-state index in [2.05, 4.69) is 5.32 Å². The number of ether oxygens (including phenoxy) is 1. The van der Waals surface area contributed by atoms with Crippen molar-refractivity contribution in [1.82, 2.24) is 5.32 Å². The number of halogens is 1. The van der Waals surface area contributed by atoms with Gasteiger partial charge < -0.3 is 10.1 Å². The van der Waals surface area contributed by atoms with Gasteiger partial charge in [0.2, 0.25) is 0 Å². The second-order valence-electron chi connectivity index (χ2n) is 4.34. The quantitative estimate of drug-likeness (QED) is 0.851. The first-order chi connectivity index (χ1) is 8.31. The summed E-state index contributed by atoms with van der Waals surface area (Å²) in [6.07, 6.45) is 1.19. The molecule has 0 spiro atoms. The van der Waals surface area contributed by atoms with Crippen LogP contribution in [0.2, 0.25) is 0 Å². The topological polar surface area (TPSA) is 55.4 Å². The Morgan fingerprint density at radius 2 is 2.11 bits per heavy atom. The second kappa shape index (κ2) is 6.15. The zero-order valence-corrected chi connectivity index (χ0v) is 11.6. The summed E-state index contributed by atoms with van der Waals surface area (Å²) >= 11 is 0. The number of hydrogen-bond donors (Lipinski definition) is 1. The van der Waals surface area contributed by atoms with Crippen molar-refractivity contribution in [2.75, 3.05) is 19.1 Å². The minimum atomic E-state index is -3.00. The first-order valence-electron chi connectivity index (χ1n) is 5.55. The van der Waals surface area contributed by atoms with Gasteiger partial charge in [-0.3, -0.25) is 0 Å². The van der Waals surface area contributed by atoms with Gasteiger partial charge in [0.05, 0.1) is 12.9 Å². The lowest BCUT2D eigenvalue weighted by molar-refractivity contribution is 0.386. The van der Waals surface area contributed by atoms with Crippen LogP contribution in [-0.2, 0) is 16.4 Å². The second-order valence-corrected chi connectivity index (χ2v) is 6.53. The van der Waals surface area contributed by atoms with E-state index in [1.807, 2.05) is 0 Å². The standard InChI is InChI=1S/C12H18FNO3S/c1-9(8-18(3,15)16)14-7-10-4-5-12(17-2)11(13)6-10/h4-6,9,14H,7-8H2,1-3H3. The van der Waals surface area contributed by atoms with E-state index in [4.69, 9.17) is 4.74 Å².